The number of para-hydroxylation sites is 2. The molecule has 46 heavy (non-hydrogen) atoms. The van der Waals surface area contributed by atoms with Gasteiger partial charge in [0.05, 0.1) is 16.3 Å². The largest absolute Gasteiger partial charge is 0.368 e. The lowest BCUT2D eigenvalue weighted by atomic mass is 10.0. The summed E-state index contributed by atoms with van der Waals surface area (Å²) in [5.41, 5.74) is 3.05. The molecule has 2 saturated heterocycles. The third kappa shape index (κ3) is 5.15. The van der Waals surface area contributed by atoms with Crippen molar-refractivity contribution < 1.29 is 4.79 Å². The lowest BCUT2D eigenvalue weighted by molar-refractivity contribution is -0.113. The van der Waals surface area contributed by atoms with Crippen LogP contribution in [0.4, 0.5) is 17.2 Å². The van der Waals surface area contributed by atoms with Crippen LogP contribution < -0.4 is 25.8 Å². The maximum absolute atomic E-state index is 14.1. The Morgan fingerprint density at radius 3 is 2.07 bits per heavy atom. The van der Waals surface area contributed by atoms with Gasteiger partial charge in [0.1, 0.15) is 23.1 Å². The molecule has 0 saturated carbocycles. The number of carbonyl (C=O) groups excluding carboxylic acids is 1. The molecule has 2 aromatic carbocycles. The van der Waals surface area contributed by atoms with Crippen molar-refractivity contribution in [2.75, 3.05) is 40.9 Å². The van der Waals surface area contributed by atoms with Crippen LogP contribution in [-0.2, 0) is 18.4 Å². The Morgan fingerprint density at radius 1 is 0.891 bits per heavy atom. The molecule has 1 amide bonds. The molecule has 2 aromatic heterocycles. The molecular formula is C34H33N7O3S2. The van der Waals surface area contributed by atoms with Crippen LogP contribution in [0.3, 0.4) is 0 Å². The fourth-order valence-electron chi connectivity index (χ4n) is 6.20. The number of thiocarbonyl (C=S) groups is 1. The van der Waals surface area contributed by atoms with Gasteiger partial charge in [0.2, 0.25) is 0 Å². The number of aromatic nitrogens is 3. The number of hydrogen-bond acceptors (Lipinski definition) is 8. The average molecular weight is 652 g/mol. The van der Waals surface area contributed by atoms with E-state index >= 15 is 0 Å². The molecule has 4 heterocycles. The van der Waals surface area contributed by atoms with Crippen molar-refractivity contribution >= 4 is 57.5 Å². The number of nitrogens with zero attached hydrogens (tertiary/aromatic N) is 7. The third-order valence-electron chi connectivity index (χ3n) is 8.68. The van der Waals surface area contributed by atoms with Crippen molar-refractivity contribution in [3.63, 3.8) is 0 Å². The molecule has 2 aliphatic heterocycles. The van der Waals surface area contributed by atoms with Gasteiger partial charge < -0.3 is 9.80 Å². The number of benzene rings is 2. The van der Waals surface area contributed by atoms with Gasteiger partial charge in [0.25, 0.3) is 17.0 Å². The van der Waals surface area contributed by atoms with E-state index in [1.165, 1.54) is 9.58 Å². The van der Waals surface area contributed by atoms with E-state index in [2.05, 4.69) is 28.0 Å². The minimum Gasteiger partial charge on any atom is -0.368 e. The Kier molecular flexibility index (Phi) is 8.46. The van der Waals surface area contributed by atoms with Crippen LogP contribution in [0, 0.1) is 25.2 Å². The summed E-state index contributed by atoms with van der Waals surface area (Å²) in [4.78, 5) is 47.5. The van der Waals surface area contributed by atoms with Crippen molar-refractivity contribution in [2.45, 2.75) is 27.3 Å². The van der Waals surface area contributed by atoms with Gasteiger partial charge in [-0.3, -0.25) is 28.5 Å². The van der Waals surface area contributed by atoms with Crippen molar-refractivity contribution in [3.05, 3.63) is 109 Å². The highest BCUT2D eigenvalue weighted by Crippen LogP contribution is 2.38. The molecule has 0 spiro atoms. The molecule has 12 heteroatoms. The second kappa shape index (κ2) is 12.5. The number of piperazine rings is 1. The Hall–Kier alpha value is -4.86. The Balaban J connectivity index is 1.42. The first-order valence-corrected chi connectivity index (χ1v) is 16.2. The zero-order valence-corrected chi connectivity index (χ0v) is 27.7. The summed E-state index contributed by atoms with van der Waals surface area (Å²) < 4.78 is 5.09. The normalized spacial score (nSPS) is 16.1. The predicted octanol–water partition coefficient (Wildman–Crippen LogP) is 4.58. The summed E-state index contributed by atoms with van der Waals surface area (Å²) in [6, 6.07) is 21.5. The van der Waals surface area contributed by atoms with Crippen molar-refractivity contribution in [1.82, 2.24) is 13.9 Å². The number of nitriles is 1. The van der Waals surface area contributed by atoms with Crippen LogP contribution in [0.15, 0.2) is 75.2 Å². The van der Waals surface area contributed by atoms with E-state index in [4.69, 9.17) is 12.2 Å². The Labute approximate surface area is 276 Å². The van der Waals surface area contributed by atoms with Crippen LogP contribution in [0.5, 0.6) is 0 Å². The van der Waals surface area contributed by atoms with Gasteiger partial charge >= 0.3 is 0 Å². The summed E-state index contributed by atoms with van der Waals surface area (Å²) in [6.45, 7) is 8.52. The smallest absolute Gasteiger partial charge is 0.296 e. The molecule has 0 atom stereocenters. The maximum atomic E-state index is 14.1. The SMILES string of the molecule is CCn1c(N2CCN(c3ccccc3)CC2)c(/C=C2\SC(=S)N(c3c(C)n(C)n(-c4ccccc4)c3=O)C2=O)c(C)c(C#N)c1=O. The second-order valence-electron chi connectivity index (χ2n) is 11.1. The van der Waals surface area contributed by atoms with Crippen molar-refractivity contribution in [3.8, 4) is 11.8 Å². The van der Waals surface area contributed by atoms with E-state index in [0.717, 1.165) is 30.5 Å². The minimum absolute atomic E-state index is 0.0416. The third-order valence-corrected chi connectivity index (χ3v) is 9.98. The van der Waals surface area contributed by atoms with Crippen LogP contribution in [0.2, 0.25) is 0 Å². The molecule has 4 aromatic rings. The number of anilines is 3. The molecular weight excluding hydrogens is 619 g/mol. The Morgan fingerprint density at radius 2 is 1.48 bits per heavy atom. The first kappa shape index (κ1) is 31.1. The second-order valence-corrected chi connectivity index (χ2v) is 12.8. The first-order chi connectivity index (χ1) is 22.2. The van der Waals surface area contributed by atoms with E-state index in [-0.39, 0.29) is 26.7 Å². The highest BCUT2D eigenvalue weighted by molar-refractivity contribution is 8.27. The van der Waals surface area contributed by atoms with E-state index in [1.807, 2.05) is 55.5 Å². The highest BCUT2D eigenvalue weighted by Gasteiger charge is 2.38. The molecule has 0 unspecified atom stereocenters. The molecule has 0 N–H and O–H groups in total. The standard InChI is InChI=1S/C34H33N7O3S2/c1-5-39-30(38-18-16-37(17-19-38)24-12-8-6-9-13-24)26(22(2)27(21-35)31(39)42)20-28-32(43)40(34(45)46-28)29-23(3)36(4)41(33(29)44)25-14-10-7-11-15-25/h6-15,20H,5,16-19H2,1-4H3/b28-20-. The van der Waals surface area contributed by atoms with Gasteiger partial charge in [-0.15, -0.1) is 0 Å². The number of carbonyl (C=O) groups is 1. The van der Waals surface area contributed by atoms with Gasteiger partial charge in [-0.25, -0.2) is 4.68 Å². The lowest BCUT2D eigenvalue weighted by Gasteiger charge is -2.39. The molecule has 234 valence electrons. The van der Waals surface area contributed by atoms with Crippen molar-refractivity contribution in [1.29, 1.82) is 5.26 Å². The van der Waals surface area contributed by atoms with E-state index in [1.54, 1.807) is 36.2 Å². The minimum atomic E-state index is -0.423. The van der Waals surface area contributed by atoms with Crippen LogP contribution in [0.1, 0.15) is 29.3 Å². The molecule has 2 fully saturated rings. The van der Waals surface area contributed by atoms with Crippen molar-refractivity contribution in [2.24, 2.45) is 7.05 Å². The summed E-state index contributed by atoms with van der Waals surface area (Å²) in [7, 11) is 1.77. The highest BCUT2D eigenvalue weighted by atomic mass is 32.2. The Bertz CT molecular complexity index is 2050. The quantitative estimate of drug-likeness (QED) is 0.221. The molecule has 0 aliphatic carbocycles. The molecule has 10 nitrogen and oxygen atoms in total. The topological polar surface area (TPSA) is 99.5 Å². The summed E-state index contributed by atoms with van der Waals surface area (Å²) >= 11 is 6.80. The predicted molar refractivity (Wildman–Crippen MR) is 188 cm³/mol. The average Bonchev–Trinajstić information content (AvgIpc) is 3.47. The number of thioether (sulfide) groups is 1. The molecule has 6 rings (SSSR count). The van der Waals surface area contributed by atoms with Gasteiger partial charge in [-0.05, 0) is 56.7 Å². The zero-order valence-electron chi connectivity index (χ0n) is 26.1. The van der Waals surface area contributed by atoms with E-state index < -0.39 is 5.91 Å². The van der Waals surface area contributed by atoms with Gasteiger partial charge in [0, 0.05) is 51.0 Å². The number of amides is 1. The first-order valence-electron chi connectivity index (χ1n) is 15.0. The van der Waals surface area contributed by atoms with E-state index in [9.17, 15) is 19.6 Å². The monoisotopic (exact) mass is 651 g/mol. The number of hydrogen-bond donors (Lipinski definition) is 0. The van der Waals surface area contributed by atoms with Gasteiger partial charge in [-0.2, -0.15) is 5.26 Å². The molecule has 0 radical (unpaired) electrons. The summed E-state index contributed by atoms with van der Waals surface area (Å²) in [5.74, 6) is 0.248. The van der Waals surface area contributed by atoms with Crippen LogP contribution >= 0.6 is 24.0 Å². The number of rotatable bonds is 6. The molecule has 2 aliphatic rings. The lowest BCUT2D eigenvalue weighted by Crippen LogP contribution is -2.48. The van der Waals surface area contributed by atoms with Gasteiger partial charge in [-0.1, -0.05) is 60.4 Å². The fraction of sp³-hybridized carbons (Fsp3) is 0.265. The van der Waals surface area contributed by atoms with Crippen LogP contribution in [0.25, 0.3) is 11.8 Å². The van der Waals surface area contributed by atoms with E-state index in [0.29, 0.717) is 52.9 Å². The molecule has 0 bridgehead atoms. The maximum Gasteiger partial charge on any atom is 0.296 e. The summed E-state index contributed by atoms with van der Waals surface area (Å²) in [5, 5.41) is 9.99. The zero-order chi connectivity index (χ0) is 32.7. The summed E-state index contributed by atoms with van der Waals surface area (Å²) in [6.07, 6.45) is 1.73. The van der Waals surface area contributed by atoms with Crippen LogP contribution in [-0.4, -0.2) is 50.3 Å². The number of pyridine rings is 1. The van der Waals surface area contributed by atoms with Gasteiger partial charge in [0.15, 0.2) is 4.32 Å². The fourth-order valence-corrected chi connectivity index (χ4v) is 7.45.